The Bertz CT molecular complexity index is 580. The first kappa shape index (κ1) is 20.0. The van der Waals surface area contributed by atoms with E-state index >= 15 is 0 Å². The summed E-state index contributed by atoms with van der Waals surface area (Å²) in [6, 6.07) is 0.133. The highest BCUT2D eigenvalue weighted by Crippen LogP contribution is 2.26. The molecule has 0 spiro atoms. The van der Waals surface area contributed by atoms with Crippen molar-refractivity contribution in [1.29, 1.82) is 0 Å². The molecule has 3 unspecified atom stereocenters. The molecule has 0 saturated heterocycles. The van der Waals surface area contributed by atoms with Crippen LogP contribution >= 0.6 is 0 Å². The van der Waals surface area contributed by atoms with Crippen LogP contribution in [-0.4, -0.2) is 34.4 Å². The summed E-state index contributed by atoms with van der Waals surface area (Å²) < 4.78 is 7.97. The Balaban J connectivity index is 1.99. The molecule has 1 fully saturated rings. The van der Waals surface area contributed by atoms with Crippen LogP contribution in [0.3, 0.4) is 0 Å². The second-order valence-electron chi connectivity index (χ2n) is 7.92. The van der Waals surface area contributed by atoms with Crippen LogP contribution in [0, 0.1) is 19.8 Å². The molecule has 3 atom stereocenters. The number of hydrogen-bond donors (Lipinski definition) is 1. The summed E-state index contributed by atoms with van der Waals surface area (Å²) in [5.74, 6) is 0.545. The molecule has 1 saturated carbocycles. The standard InChI is InChI=1S/C20H35N3O2/c1-13(2)11-12-25-18-10-8-7-9-17(18)21-20(24)14(3)19-15(4)22-23(6)16(19)5/h13-14,17-18H,7-12H2,1-6H3,(H,21,24). The molecular weight excluding hydrogens is 314 g/mol. The minimum Gasteiger partial charge on any atom is -0.376 e. The summed E-state index contributed by atoms with van der Waals surface area (Å²) in [5.41, 5.74) is 3.05. The maximum atomic E-state index is 12.8. The van der Waals surface area contributed by atoms with Crippen molar-refractivity contribution in [3.8, 4) is 0 Å². The molecule has 1 aromatic heterocycles. The minimum atomic E-state index is -0.188. The average Bonchev–Trinajstić information content (AvgIpc) is 2.80. The zero-order valence-electron chi connectivity index (χ0n) is 16.8. The van der Waals surface area contributed by atoms with Gasteiger partial charge in [0.05, 0.1) is 23.8 Å². The third-order valence-corrected chi connectivity index (χ3v) is 5.45. The maximum absolute atomic E-state index is 12.8. The van der Waals surface area contributed by atoms with E-state index in [1.165, 1.54) is 6.42 Å². The van der Waals surface area contributed by atoms with Gasteiger partial charge in [0.2, 0.25) is 5.91 Å². The van der Waals surface area contributed by atoms with Crippen molar-refractivity contribution in [2.24, 2.45) is 13.0 Å². The number of ether oxygens (including phenoxy) is 1. The summed E-state index contributed by atoms with van der Waals surface area (Å²) >= 11 is 0. The predicted molar refractivity (Wildman–Crippen MR) is 101 cm³/mol. The fraction of sp³-hybridized carbons (Fsp3) is 0.800. The summed E-state index contributed by atoms with van der Waals surface area (Å²) in [6.07, 6.45) is 5.63. The van der Waals surface area contributed by atoms with Crippen LogP contribution in [0.4, 0.5) is 0 Å². The maximum Gasteiger partial charge on any atom is 0.227 e. The normalized spacial score (nSPS) is 22.2. The number of aromatic nitrogens is 2. The Morgan fingerprint density at radius 1 is 1.28 bits per heavy atom. The fourth-order valence-electron chi connectivity index (χ4n) is 3.77. The molecule has 25 heavy (non-hydrogen) atoms. The Hall–Kier alpha value is -1.36. The smallest absolute Gasteiger partial charge is 0.227 e. The van der Waals surface area contributed by atoms with E-state index in [9.17, 15) is 4.79 Å². The van der Waals surface area contributed by atoms with Crippen LogP contribution in [0.1, 0.15) is 75.7 Å². The number of carbonyl (C=O) groups excluding carboxylic acids is 1. The lowest BCUT2D eigenvalue weighted by Gasteiger charge is -2.33. The Morgan fingerprint density at radius 2 is 1.96 bits per heavy atom. The van der Waals surface area contributed by atoms with Gasteiger partial charge in [-0.2, -0.15) is 5.10 Å². The average molecular weight is 350 g/mol. The van der Waals surface area contributed by atoms with E-state index in [0.29, 0.717) is 5.92 Å². The number of nitrogens with zero attached hydrogens (tertiary/aromatic N) is 2. The van der Waals surface area contributed by atoms with Gasteiger partial charge < -0.3 is 10.1 Å². The first-order valence-electron chi connectivity index (χ1n) is 9.73. The van der Waals surface area contributed by atoms with Gasteiger partial charge in [0, 0.05) is 24.9 Å². The van der Waals surface area contributed by atoms with Crippen LogP contribution in [0.2, 0.25) is 0 Å². The van der Waals surface area contributed by atoms with Crippen LogP contribution in [0.5, 0.6) is 0 Å². The SMILES string of the molecule is Cc1nn(C)c(C)c1C(C)C(=O)NC1CCCCC1OCCC(C)C. The number of carbonyl (C=O) groups is 1. The second kappa shape index (κ2) is 8.84. The van der Waals surface area contributed by atoms with Gasteiger partial charge in [0.1, 0.15) is 0 Å². The van der Waals surface area contributed by atoms with Gasteiger partial charge in [-0.15, -0.1) is 0 Å². The molecule has 0 aliphatic heterocycles. The third kappa shape index (κ3) is 5.06. The number of nitrogens with one attached hydrogen (secondary N) is 1. The van der Waals surface area contributed by atoms with Gasteiger partial charge in [0.15, 0.2) is 0 Å². The largest absolute Gasteiger partial charge is 0.376 e. The van der Waals surface area contributed by atoms with E-state index in [1.807, 2.05) is 32.5 Å². The highest BCUT2D eigenvalue weighted by Gasteiger charge is 2.30. The van der Waals surface area contributed by atoms with Gasteiger partial charge in [-0.1, -0.05) is 26.7 Å². The lowest BCUT2D eigenvalue weighted by atomic mass is 9.91. The molecule has 5 heteroatoms. The predicted octanol–water partition coefficient (Wildman–Crippen LogP) is 3.63. The number of amides is 1. The van der Waals surface area contributed by atoms with Crippen molar-refractivity contribution in [1.82, 2.24) is 15.1 Å². The van der Waals surface area contributed by atoms with Gasteiger partial charge in [-0.05, 0) is 46.0 Å². The monoisotopic (exact) mass is 349 g/mol. The molecule has 1 aliphatic rings. The third-order valence-electron chi connectivity index (χ3n) is 5.45. The number of rotatable bonds is 7. The molecular formula is C20H35N3O2. The molecule has 1 heterocycles. The van der Waals surface area contributed by atoms with E-state index in [4.69, 9.17) is 4.74 Å². The molecule has 2 rings (SSSR count). The number of hydrogen-bond acceptors (Lipinski definition) is 3. The van der Waals surface area contributed by atoms with E-state index in [0.717, 1.165) is 49.2 Å². The lowest BCUT2D eigenvalue weighted by molar-refractivity contribution is -0.124. The van der Waals surface area contributed by atoms with Gasteiger partial charge in [-0.25, -0.2) is 0 Å². The summed E-state index contributed by atoms with van der Waals surface area (Å²) in [7, 11) is 1.93. The highest BCUT2D eigenvalue weighted by molar-refractivity contribution is 5.84. The molecule has 1 N–H and O–H groups in total. The molecule has 1 aromatic rings. The van der Waals surface area contributed by atoms with Crippen molar-refractivity contribution >= 4 is 5.91 Å². The van der Waals surface area contributed by atoms with E-state index in [-0.39, 0.29) is 24.0 Å². The molecule has 5 nitrogen and oxygen atoms in total. The summed E-state index contributed by atoms with van der Waals surface area (Å²) in [5, 5.41) is 7.71. The fourth-order valence-corrected chi connectivity index (χ4v) is 3.77. The van der Waals surface area contributed by atoms with Crippen LogP contribution in [0.15, 0.2) is 0 Å². The van der Waals surface area contributed by atoms with Crippen LogP contribution in [0.25, 0.3) is 0 Å². The lowest BCUT2D eigenvalue weighted by Crippen LogP contribution is -2.47. The molecule has 1 aliphatic carbocycles. The van der Waals surface area contributed by atoms with E-state index in [2.05, 4.69) is 24.3 Å². The molecule has 0 radical (unpaired) electrons. The van der Waals surface area contributed by atoms with Crippen molar-refractivity contribution in [2.75, 3.05) is 6.61 Å². The Labute approximate surface area is 152 Å². The van der Waals surface area contributed by atoms with Crippen molar-refractivity contribution in [3.05, 3.63) is 17.0 Å². The minimum absolute atomic E-state index is 0.0866. The van der Waals surface area contributed by atoms with Gasteiger partial charge in [0.25, 0.3) is 0 Å². The van der Waals surface area contributed by atoms with Crippen LogP contribution < -0.4 is 5.32 Å². The van der Waals surface area contributed by atoms with Crippen molar-refractivity contribution < 1.29 is 9.53 Å². The Kier molecular flexibility index (Phi) is 7.05. The first-order chi connectivity index (χ1) is 11.8. The van der Waals surface area contributed by atoms with Gasteiger partial charge in [-0.3, -0.25) is 9.48 Å². The quantitative estimate of drug-likeness (QED) is 0.818. The second-order valence-corrected chi connectivity index (χ2v) is 7.92. The molecule has 0 bridgehead atoms. The summed E-state index contributed by atoms with van der Waals surface area (Å²) in [6.45, 7) is 11.2. The highest BCUT2D eigenvalue weighted by atomic mass is 16.5. The zero-order chi connectivity index (χ0) is 18.6. The van der Waals surface area contributed by atoms with E-state index in [1.54, 1.807) is 0 Å². The topological polar surface area (TPSA) is 56.2 Å². The zero-order valence-corrected chi connectivity index (χ0v) is 16.8. The van der Waals surface area contributed by atoms with Crippen LogP contribution in [-0.2, 0) is 16.6 Å². The molecule has 1 amide bonds. The Morgan fingerprint density at radius 3 is 2.56 bits per heavy atom. The molecule has 0 aromatic carbocycles. The van der Waals surface area contributed by atoms with Crippen molar-refractivity contribution in [2.45, 2.75) is 84.8 Å². The van der Waals surface area contributed by atoms with Crippen molar-refractivity contribution in [3.63, 3.8) is 0 Å². The first-order valence-corrected chi connectivity index (χ1v) is 9.73. The van der Waals surface area contributed by atoms with Gasteiger partial charge >= 0.3 is 0 Å². The summed E-state index contributed by atoms with van der Waals surface area (Å²) in [4.78, 5) is 12.8. The van der Waals surface area contributed by atoms with E-state index < -0.39 is 0 Å². The molecule has 142 valence electrons. The number of aryl methyl sites for hydroxylation is 2.